The maximum atomic E-state index is 4.68. The van der Waals surface area contributed by atoms with Crippen molar-refractivity contribution in [2.45, 2.75) is 122 Å². The van der Waals surface area contributed by atoms with Crippen LogP contribution in [0.3, 0.4) is 0 Å². The van der Waals surface area contributed by atoms with Gasteiger partial charge in [-0.25, -0.2) is 0 Å². The van der Waals surface area contributed by atoms with E-state index >= 15 is 0 Å². The van der Waals surface area contributed by atoms with Crippen molar-refractivity contribution in [2.75, 3.05) is 6.54 Å². The lowest BCUT2D eigenvalue weighted by Gasteiger charge is -2.52. The molecule has 1 heterocycles. The second-order valence-corrected chi connectivity index (χ2v) is 11.2. The lowest BCUT2D eigenvalue weighted by atomic mass is 9.60. The molecule has 0 N–H and O–H groups in total. The molecule has 28 heavy (non-hydrogen) atoms. The standard InChI is InChI=1S/C27H47N/c1-20-13-9-10-16-24(20)25-19-27-26(18-22(25)3)21(2)12-6-5-11-17-28(27)23-14-7-4-8-15-23/h20,22-27H,2,4-19H2,1,3H3/t20?,22?,24?,25-,26?,27?/m1/s1. The maximum absolute atomic E-state index is 4.68. The van der Waals surface area contributed by atoms with E-state index in [1.165, 1.54) is 103 Å². The summed E-state index contributed by atoms with van der Waals surface area (Å²) < 4.78 is 0. The predicted molar refractivity (Wildman–Crippen MR) is 121 cm³/mol. The van der Waals surface area contributed by atoms with Crippen molar-refractivity contribution in [2.24, 2.45) is 29.6 Å². The minimum atomic E-state index is 0.783. The zero-order valence-corrected chi connectivity index (χ0v) is 19.0. The summed E-state index contributed by atoms with van der Waals surface area (Å²) in [7, 11) is 0. The Bertz CT molecular complexity index is 504. The molecule has 0 spiro atoms. The Labute approximate surface area is 175 Å². The zero-order chi connectivity index (χ0) is 19.5. The minimum absolute atomic E-state index is 0.783. The van der Waals surface area contributed by atoms with Crippen LogP contribution in [-0.4, -0.2) is 23.5 Å². The SMILES string of the molecule is C=C1CCCCCN(C2CCCCC2)C2C[C@@H](C3CCCCC3C)C(C)CC12. The molecule has 1 heteroatoms. The van der Waals surface area contributed by atoms with Gasteiger partial charge in [-0.15, -0.1) is 0 Å². The Morgan fingerprint density at radius 2 is 1.43 bits per heavy atom. The summed E-state index contributed by atoms with van der Waals surface area (Å²) in [6, 6.07) is 1.69. The number of hydrogen-bond acceptors (Lipinski definition) is 1. The number of hydrogen-bond donors (Lipinski definition) is 0. The lowest BCUT2D eigenvalue weighted by molar-refractivity contribution is -0.00721. The van der Waals surface area contributed by atoms with Crippen molar-refractivity contribution in [1.82, 2.24) is 4.90 Å². The van der Waals surface area contributed by atoms with Gasteiger partial charge in [0, 0.05) is 12.1 Å². The highest BCUT2D eigenvalue weighted by molar-refractivity contribution is 5.10. The third kappa shape index (κ3) is 4.55. The largest absolute Gasteiger partial charge is 0.297 e. The van der Waals surface area contributed by atoms with E-state index in [2.05, 4.69) is 25.3 Å². The van der Waals surface area contributed by atoms with Gasteiger partial charge in [-0.1, -0.05) is 70.9 Å². The van der Waals surface area contributed by atoms with Crippen LogP contribution in [0.4, 0.5) is 0 Å². The number of rotatable bonds is 2. The van der Waals surface area contributed by atoms with Gasteiger partial charge in [0.25, 0.3) is 0 Å². The van der Waals surface area contributed by atoms with Crippen LogP contribution in [0.15, 0.2) is 12.2 Å². The molecule has 0 bridgehead atoms. The number of nitrogens with zero attached hydrogens (tertiary/aromatic N) is 1. The first kappa shape index (κ1) is 21.0. The van der Waals surface area contributed by atoms with Gasteiger partial charge in [-0.3, -0.25) is 4.90 Å². The van der Waals surface area contributed by atoms with Crippen molar-refractivity contribution in [3.63, 3.8) is 0 Å². The lowest BCUT2D eigenvalue weighted by Crippen LogP contribution is -2.53. The molecule has 4 fully saturated rings. The van der Waals surface area contributed by atoms with Crippen LogP contribution in [-0.2, 0) is 0 Å². The molecule has 0 amide bonds. The fourth-order valence-corrected chi connectivity index (χ4v) is 7.83. The molecule has 4 rings (SSSR count). The molecular weight excluding hydrogens is 338 g/mol. The van der Waals surface area contributed by atoms with E-state index in [-0.39, 0.29) is 0 Å². The molecule has 5 unspecified atom stereocenters. The van der Waals surface area contributed by atoms with Crippen LogP contribution >= 0.6 is 0 Å². The fraction of sp³-hybridized carbons (Fsp3) is 0.926. The topological polar surface area (TPSA) is 3.24 Å². The second-order valence-electron chi connectivity index (χ2n) is 11.2. The molecule has 3 saturated carbocycles. The van der Waals surface area contributed by atoms with Gasteiger partial charge >= 0.3 is 0 Å². The molecule has 1 nitrogen and oxygen atoms in total. The van der Waals surface area contributed by atoms with Crippen molar-refractivity contribution >= 4 is 0 Å². The van der Waals surface area contributed by atoms with Gasteiger partial charge in [0.15, 0.2) is 0 Å². The first-order valence-electron chi connectivity index (χ1n) is 13.1. The van der Waals surface area contributed by atoms with Crippen LogP contribution in [0.25, 0.3) is 0 Å². The van der Waals surface area contributed by atoms with E-state index in [0.717, 1.165) is 41.7 Å². The molecule has 0 radical (unpaired) electrons. The predicted octanol–water partition coefficient (Wildman–Crippen LogP) is 7.61. The van der Waals surface area contributed by atoms with E-state index in [9.17, 15) is 0 Å². The summed E-state index contributed by atoms with van der Waals surface area (Å²) in [4.78, 5) is 3.08. The van der Waals surface area contributed by atoms with Crippen molar-refractivity contribution in [3.05, 3.63) is 12.2 Å². The molecule has 0 aromatic rings. The Kier molecular flexibility index (Phi) is 7.24. The quantitative estimate of drug-likeness (QED) is 0.442. The average Bonchev–Trinajstić information content (AvgIpc) is 2.78. The fourth-order valence-electron chi connectivity index (χ4n) is 7.83. The molecule has 0 aromatic heterocycles. The summed E-state index contributed by atoms with van der Waals surface area (Å²) in [5.41, 5.74) is 1.62. The van der Waals surface area contributed by atoms with Crippen LogP contribution in [0.1, 0.15) is 110 Å². The van der Waals surface area contributed by atoms with Gasteiger partial charge in [0.05, 0.1) is 0 Å². The van der Waals surface area contributed by atoms with Crippen molar-refractivity contribution < 1.29 is 0 Å². The zero-order valence-electron chi connectivity index (χ0n) is 19.0. The van der Waals surface area contributed by atoms with Crippen LogP contribution in [0.5, 0.6) is 0 Å². The Hall–Kier alpha value is -0.300. The Morgan fingerprint density at radius 3 is 2.21 bits per heavy atom. The number of fused-ring (bicyclic) bond motifs is 1. The average molecular weight is 386 g/mol. The summed E-state index contributed by atoms with van der Waals surface area (Å²) in [5, 5.41) is 0. The first-order chi connectivity index (χ1) is 13.6. The molecule has 160 valence electrons. The molecule has 6 atom stereocenters. The van der Waals surface area contributed by atoms with Crippen LogP contribution < -0.4 is 0 Å². The molecule has 3 aliphatic carbocycles. The summed E-state index contributed by atoms with van der Waals surface area (Å²) in [5.74, 6) is 4.61. The van der Waals surface area contributed by atoms with Gasteiger partial charge in [-0.05, 0) is 87.5 Å². The summed E-state index contributed by atoms with van der Waals surface area (Å²) >= 11 is 0. The molecule has 1 saturated heterocycles. The molecule has 4 aliphatic rings. The van der Waals surface area contributed by atoms with E-state index < -0.39 is 0 Å². The third-order valence-corrected chi connectivity index (χ3v) is 9.47. The highest BCUT2D eigenvalue weighted by atomic mass is 15.2. The van der Waals surface area contributed by atoms with Gasteiger partial charge < -0.3 is 0 Å². The Morgan fingerprint density at radius 1 is 0.714 bits per heavy atom. The van der Waals surface area contributed by atoms with Gasteiger partial charge in [0.1, 0.15) is 0 Å². The normalized spacial score (nSPS) is 42.3. The third-order valence-electron chi connectivity index (χ3n) is 9.47. The van der Waals surface area contributed by atoms with Crippen molar-refractivity contribution in [1.29, 1.82) is 0 Å². The second kappa shape index (κ2) is 9.67. The minimum Gasteiger partial charge on any atom is -0.297 e. The summed E-state index contributed by atoms with van der Waals surface area (Å²) in [6.07, 6.45) is 21.8. The first-order valence-corrected chi connectivity index (χ1v) is 13.1. The monoisotopic (exact) mass is 385 g/mol. The van der Waals surface area contributed by atoms with E-state index in [1.54, 1.807) is 5.57 Å². The summed E-state index contributed by atoms with van der Waals surface area (Å²) in [6.45, 7) is 11.2. The van der Waals surface area contributed by atoms with Gasteiger partial charge in [-0.2, -0.15) is 0 Å². The van der Waals surface area contributed by atoms with Gasteiger partial charge in [0.2, 0.25) is 0 Å². The van der Waals surface area contributed by atoms with Crippen LogP contribution in [0.2, 0.25) is 0 Å². The smallest absolute Gasteiger partial charge is 0.0166 e. The van der Waals surface area contributed by atoms with E-state index in [4.69, 9.17) is 0 Å². The van der Waals surface area contributed by atoms with E-state index in [1.807, 2.05) is 0 Å². The van der Waals surface area contributed by atoms with Crippen molar-refractivity contribution in [3.8, 4) is 0 Å². The van der Waals surface area contributed by atoms with E-state index in [0.29, 0.717) is 0 Å². The highest BCUT2D eigenvalue weighted by Crippen LogP contribution is 2.49. The Balaban J connectivity index is 1.58. The van der Waals surface area contributed by atoms with Crippen LogP contribution in [0, 0.1) is 29.6 Å². The molecule has 1 aliphatic heterocycles. The highest BCUT2D eigenvalue weighted by Gasteiger charge is 2.44. The molecule has 0 aromatic carbocycles. The maximum Gasteiger partial charge on any atom is 0.0166 e. The molecular formula is C27H47N.